The SMILES string of the molecule is COc1ccc(CC(=O)N2CCC[C@@H]2c2nc(C(C)C)cc(=O)[nH]2)cc1F. The summed E-state index contributed by atoms with van der Waals surface area (Å²) in [6.45, 7) is 4.54. The van der Waals surface area contributed by atoms with Crippen molar-refractivity contribution in [3.63, 3.8) is 0 Å². The molecular weight excluding hydrogens is 349 g/mol. The van der Waals surface area contributed by atoms with E-state index in [0.717, 1.165) is 12.8 Å². The van der Waals surface area contributed by atoms with Crippen LogP contribution in [0.3, 0.4) is 0 Å². The molecular formula is C20H24FN3O3. The van der Waals surface area contributed by atoms with Crippen molar-refractivity contribution in [2.75, 3.05) is 13.7 Å². The van der Waals surface area contributed by atoms with Gasteiger partial charge in [-0.25, -0.2) is 9.37 Å². The smallest absolute Gasteiger partial charge is 0.251 e. The zero-order valence-corrected chi connectivity index (χ0v) is 15.8. The fraction of sp³-hybridized carbons (Fsp3) is 0.450. The van der Waals surface area contributed by atoms with Gasteiger partial charge in [-0.05, 0) is 36.5 Å². The molecule has 1 aliphatic heterocycles. The predicted octanol–water partition coefficient (Wildman–Crippen LogP) is 2.95. The Morgan fingerprint density at radius 3 is 2.85 bits per heavy atom. The van der Waals surface area contributed by atoms with E-state index in [-0.39, 0.29) is 35.6 Å². The first-order valence-electron chi connectivity index (χ1n) is 9.12. The van der Waals surface area contributed by atoms with Crippen molar-refractivity contribution in [1.29, 1.82) is 0 Å². The molecule has 2 heterocycles. The second-order valence-corrected chi connectivity index (χ2v) is 7.10. The second-order valence-electron chi connectivity index (χ2n) is 7.10. The molecule has 6 nitrogen and oxygen atoms in total. The Labute approximate surface area is 157 Å². The topological polar surface area (TPSA) is 75.3 Å². The first-order chi connectivity index (χ1) is 12.9. The number of H-pyrrole nitrogens is 1. The van der Waals surface area contributed by atoms with E-state index in [1.54, 1.807) is 11.0 Å². The van der Waals surface area contributed by atoms with Crippen LogP contribution in [0.2, 0.25) is 0 Å². The van der Waals surface area contributed by atoms with E-state index in [1.807, 2.05) is 13.8 Å². The van der Waals surface area contributed by atoms with Crippen LogP contribution in [0.15, 0.2) is 29.1 Å². The minimum Gasteiger partial charge on any atom is -0.494 e. The van der Waals surface area contributed by atoms with Crippen molar-refractivity contribution in [3.8, 4) is 5.75 Å². The minimum atomic E-state index is -0.489. The lowest BCUT2D eigenvalue weighted by Crippen LogP contribution is -2.33. The van der Waals surface area contributed by atoms with E-state index in [1.165, 1.54) is 25.3 Å². The monoisotopic (exact) mass is 373 g/mol. The highest BCUT2D eigenvalue weighted by Crippen LogP contribution is 2.30. The number of hydrogen-bond donors (Lipinski definition) is 1. The summed E-state index contributed by atoms with van der Waals surface area (Å²) < 4.78 is 18.8. The number of likely N-dealkylation sites (tertiary alicyclic amines) is 1. The largest absolute Gasteiger partial charge is 0.494 e. The number of hydrogen-bond acceptors (Lipinski definition) is 4. The number of carbonyl (C=O) groups excluding carboxylic acids is 1. The highest BCUT2D eigenvalue weighted by atomic mass is 19.1. The van der Waals surface area contributed by atoms with Crippen LogP contribution in [0.4, 0.5) is 4.39 Å². The average Bonchev–Trinajstić information content (AvgIpc) is 3.11. The molecule has 1 N–H and O–H groups in total. The summed E-state index contributed by atoms with van der Waals surface area (Å²) in [7, 11) is 1.40. The van der Waals surface area contributed by atoms with Gasteiger partial charge in [0.2, 0.25) is 5.91 Å². The summed E-state index contributed by atoms with van der Waals surface area (Å²) in [5.41, 5.74) is 1.09. The van der Waals surface area contributed by atoms with Crippen molar-refractivity contribution >= 4 is 5.91 Å². The van der Waals surface area contributed by atoms with Gasteiger partial charge < -0.3 is 14.6 Å². The zero-order chi connectivity index (χ0) is 19.6. The molecule has 7 heteroatoms. The maximum absolute atomic E-state index is 13.9. The Kier molecular flexibility index (Phi) is 5.58. The van der Waals surface area contributed by atoms with Crippen molar-refractivity contribution in [2.45, 2.75) is 45.1 Å². The maximum atomic E-state index is 13.9. The van der Waals surface area contributed by atoms with E-state index < -0.39 is 5.82 Å². The third-order valence-electron chi connectivity index (χ3n) is 4.83. The van der Waals surface area contributed by atoms with Crippen LogP contribution in [-0.2, 0) is 11.2 Å². The predicted molar refractivity (Wildman–Crippen MR) is 99.3 cm³/mol. The Balaban J connectivity index is 1.81. The van der Waals surface area contributed by atoms with Crippen molar-refractivity contribution < 1.29 is 13.9 Å². The summed E-state index contributed by atoms with van der Waals surface area (Å²) >= 11 is 0. The molecule has 0 aliphatic carbocycles. The molecule has 0 spiro atoms. The van der Waals surface area contributed by atoms with Gasteiger partial charge in [-0.15, -0.1) is 0 Å². The fourth-order valence-electron chi connectivity index (χ4n) is 3.40. The van der Waals surface area contributed by atoms with Gasteiger partial charge in [0.15, 0.2) is 11.6 Å². The molecule has 1 aromatic heterocycles. The van der Waals surface area contributed by atoms with E-state index in [0.29, 0.717) is 23.6 Å². The van der Waals surface area contributed by atoms with E-state index in [9.17, 15) is 14.0 Å². The average molecular weight is 373 g/mol. The summed E-state index contributed by atoms with van der Waals surface area (Å²) in [6, 6.07) is 5.76. The zero-order valence-electron chi connectivity index (χ0n) is 15.8. The van der Waals surface area contributed by atoms with Gasteiger partial charge >= 0.3 is 0 Å². The number of methoxy groups -OCH3 is 1. The van der Waals surface area contributed by atoms with Crippen molar-refractivity contribution in [3.05, 3.63) is 57.5 Å². The van der Waals surface area contributed by atoms with Crippen LogP contribution in [0.25, 0.3) is 0 Å². The van der Waals surface area contributed by atoms with Gasteiger partial charge in [-0.1, -0.05) is 19.9 Å². The number of rotatable bonds is 5. The van der Waals surface area contributed by atoms with Crippen LogP contribution < -0.4 is 10.3 Å². The molecule has 1 saturated heterocycles. The molecule has 27 heavy (non-hydrogen) atoms. The van der Waals surface area contributed by atoms with Gasteiger partial charge in [-0.2, -0.15) is 0 Å². The summed E-state index contributed by atoms with van der Waals surface area (Å²) in [5.74, 6) is 0.199. The number of carbonyl (C=O) groups is 1. The summed E-state index contributed by atoms with van der Waals surface area (Å²) in [5, 5.41) is 0. The standard InChI is InChI=1S/C20H24FN3O3/c1-12(2)15-11-18(25)23-20(22-15)16-5-4-8-24(16)19(26)10-13-6-7-17(27-3)14(21)9-13/h6-7,9,11-12,16H,4-5,8,10H2,1-3H3,(H,22,23,25)/t16-/m1/s1. The number of halogens is 1. The van der Waals surface area contributed by atoms with Gasteiger partial charge in [0.25, 0.3) is 5.56 Å². The van der Waals surface area contributed by atoms with E-state index >= 15 is 0 Å². The third-order valence-corrected chi connectivity index (χ3v) is 4.83. The highest BCUT2D eigenvalue weighted by Gasteiger charge is 2.32. The number of nitrogens with zero attached hydrogens (tertiary/aromatic N) is 2. The van der Waals surface area contributed by atoms with Crippen LogP contribution >= 0.6 is 0 Å². The molecule has 1 atom stereocenters. The molecule has 1 aliphatic rings. The second kappa shape index (κ2) is 7.90. The number of amides is 1. The number of aromatic nitrogens is 2. The van der Waals surface area contributed by atoms with Gasteiger partial charge in [0, 0.05) is 12.6 Å². The van der Waals surface area contributed by atoms with Crippen molar-refractivity contribution in [1.82, 2.24) is 14.9 Å². The number of nitrogens with one attached hydrogen (secondary N) is 1. The van der Waals surface area contributed by atoms with Crippen LogP contribution in [0.5, 0.6) is 5.75 Å². The van der Waals surface area contributed by atoms with E-state index in [4.69, 9.17) is 4.74 Å². The molecule has 0 radical (unpaired) electrons. The minimum absolute atomic E-state index is 0.0888. The Bertz CT molecular complexity index is 894. The quantitative estimate of drug-likeness (QED) is 0.874. The molecule has 1 aromatic carbocycles. The maximum Gasteiger partial charge on any atom is 0.251 e. The van der Waals surface area contributed by atoms with Crippen molar-refractivity contribution in [2.24, 2.45) is 0 Å². The first kappa shape index (κ1) is 19.1. The molecule has 2 aromatic rings. The van der Waals surface area contributed by atoms with Crippen LogP contribution in [0.1, 0.15) is 55.7 Å². The Morgan fingerprint density at radius 2 is 2.19 bits per heavy atom. The first-order valence-corrected chi connectivity index (χ1v) is 9.12. The lowest BCUT2D eigenvalue weighted by atomic mass is 10.1. The van der Waals surface area contributed by atoms with Crippen LogP contribution in [0, 0.1) is 5.82 Å². The molecule has 0 bridgehead atoms. The number of aromatic amines is 1. The summed E-state index contributed by atoms with van der Waals surface area (Å²) in [6.07, 6.45) is 1.67. The van der Waals surface area contributed by atoms with Gasteiger partial charge in [-0.3, -0.25) is 9.59 Å². The molecule has 0 saturated carbocycles. The lowest BCUT2D eigenvalue weighted by Gasteiger charge is -2.24. The molecule has 0 unspecified atom stereocenters. The lowest BCUT2D eigenvalue weighted by molar-refractivity contribution is -0.131. The summed E-state index contributed by atoms with van der Waals surface area (Å²) in [4.78, 5) is 33.9. The fourth-order valence-corrected chi connectivity index (χ4v) is 3.40. The van der Waals surface area contributed by atoms with Gasteiger partial charge in [0.05, 0.1) is 25.3 Å². The van der Waals surface area contributed by atoms with Crippen LogP contribution in [-0.4, -0.2) is 34.4 Å². The Hall–Kier alpha value is -2.70. The van der Waals surface area contributed by atoms with Gasteiger partial charge in [0.1, 0.15) is 5.82 Å². The number of benzene rings is 1. The highest BCUT2D eigenvalue weighted by molar-refractivity contribution is 5.79. The normalized spacial score (nSPS) is 16.8. The molecule has 1 amide bonds. The Morgan fingerprint density at radius 1 is 1.41 bits per heavy atom. The molecule has 144 valence electrons. The third kappa shape index (κ3) is 4.18. The number of ether oxygens (including phenoxy) is 1. The molecule has 1 fully saturated rings. The molecule has 3 rings (SSSR count). The van der Waals surface area contributed by atoms with E-state index in [2.05, 4.69) is 9.97 Å².